The van der Waals surface area contributed by atoms with E-state index < -0.39 is 0 Å². The summed E-state index contributed by atoms with van der Waals surface area (Å²) in [4.78, 5) is 15.0. The second-order valence-electron chi connectivity index (χ2n) is 2.68. The van der Waals surface area contributed by atoms with E-state index in [9.17, 15) is 0 Å². The second-order valence-corrected chi connectivity index (χ2v) is 2.68. The van der Waals surface area contributed by atoms with Crippen molar-refractivity contribution < 1.29 is 0 Å². The fourth-order valence-corrected chi connectivity index (χ4v) is 1.05. The molecule has 6 heteroatoms. The predicted octanol–water partition coefficient (Wildman–Crippen LogP) is 0.394. The van der Waals surface area contributed by atoms with E-state index in [0.717, 1.165) is 5.82 Å². The molecule has 0 spiro atoms. The van der Waals surface area contributed by atoms with Crippen LogP contribution in [0.3, 0.4) is 0 Å². The molecule has 0 aliphatic rings. The van der Waals surface area contributed by atoms with Crippen LogP contribution >= 0.6 is 0 Å². The van der Waals surface area contributed by atoms with Gasteiger partial charge in [-0.1, -0.05) is 0 Å². The van der Waals surface area contributed by atoms with Crippen LogP contribution in [0.4, 0.5) is 11.6 Å². The van der Waals surface area contributed by atoms with Crippen LogP contribution in [0.15, 0.2) is 24.8 Å². The molecule has 6 nitrogen and oxygen atoms in total. The zero-order valence-corrected chi connectivity index (χ0v) is 7.44. The maximum atomic E-state index is 5.59. The highest BCUT2D eigenvalue weighted by Crippen LogP contribution is 2.09. The third kappa shape index (κ3) is 1.79. The van der Waals surface area contributed by atoms with Crippen molar-refractivity contribution in [2.24, 2.45) is 0 Å². The Morgan fingerprint density at radius 1 is 1.21 bits per heavy atom. The number of nitrogens with one attached hydrogen (secondary N) is 2. The lowest BCUT2D eigenvalue weighted by Gasteiger charge is -2.04. The van der Waals surface area contributed by atoms with Gasteiger partial charge in [-0.25, -0.2) is 15.0 Å². The Kier molecular flexibility index (Phi) is 2.26. The molecule has 0 saturated carbocycles. The monoisotopic (exact) mass is 190 g/mol. The van der Waals surface area contributed by atoms with Gasteiger partial charge in [0.05, 0.1) is 6.54 Å². The molecule has 0 amide bonds. The third-order valence-electron chi connectivity index (χ3n) is 1.70. The maximum absolute atomic E-state index is 5.59. The third-order valence-corrected chi connectivity index (χ3v) is 1.70. The first-order valence-corrected chi connectivity index (χ1v) is 4.15. The average molecular weight is 190 g/mol. The zero-order chi connectivity index (χ0) is 9.80. The Morgan fingerprint density at radius 3 is 2.79 bits per heavy atom. The first kappa shape index (κ1) is 8.49. The molecule has 0 unspecified atom stereocenters. The zero-order valence-electron chi connectivity index (χ0n) is 7.44. The molecule has 0 aromatic carbocycles. The van der Waals surface area contributed by atoms with E-state index in [4.69, 9.17) is 5.73 Å². The lowest BCUT2D eigenvalue weighted by atomic mass is 10.5. The summed E-state index contributed by atoms with van der Waals surface area (Å²) in [5.41, 5.74) is 5.59. The Hall–Kier alpha value is -2.11. The Balaban J connectivity index is 2.02. The first-order valence-electron chi connectivity index (χ1n) is 4.15. The molecular formula is C8H10N6. The molecule has 4 N–H and O–H groups in total. The molecule has 2 rings (SSSR count). The van der Waals surface area contributed by atoms with Crippen LogP contribution in [0.2, 0.25) is 0 Å². The Labute approximate surface area is 80.6 Å². The van der Waals surface area contributed by atoms with Crippen LogP contribution in [-0.2, 0) is 6.54 Å². The van der Waals surface area contributed by atoms with Gasteiger partial charge >= 0.3 is 0 Å². The lowest BCUT2D eigenvalue weighted by Crippen LogP contribution is -2.06. The number of nitrogens with zero attached hydrogens (tertiary/aromatic N) is 3. The van der Waals surface area contributed by atoms with Gasteiger partial charge in [-0.15, -0.1) is 0 Å². The molecule has 0 aliphatic carbocycles. The summed E-state index contributed by atoms with van der Waals surface area (Å²) in [7, 11) is 0. The molecule has 0 saturated heterocycles. The van der Waals surface area contributed by atoms with Gasteiger partial charge in [0.1, 0.15) is 5.82 Å². The summed E-state index contributed by atoms with van der Waals surface area (Å²) in [5.74, 6) is 1.79. The van der Waals surface area contributed by atoms with Crippen LogP contribution in [0, 0.1) is 0 Å². The van der Waals surface area contributed by atoms with E-state index in [1.54, 1.807) is 24.8 Å². The van der Waals surface area contributed by atoms with Crippen molar-refractivity contribution in [2.75, 3.05) is 11.1 Å². The Morgan fingerprint density at radius 2 is 2.07 bits per heavy atom. The van der Waals surface area contributed by atoms with Gasteiger partial charge in [0.25, 0.3) is 0 Å². The van der Waals surface area contributed by atoms with Crippen LogP contribution < -0.4 is 11.1 Å². The standard InChI is InChI=1S/C8H10N6/c9-7-8(13-4-3-12-7)14-5-6-10-1-2-11-6/h1-4H,5H2,(H2,9,12)(H,10,11)(H,13,14). The van der Waals surface area contributed by atoms with Gasteiger partial charge in [0, 0.05) is 24.8 Å². The predicted molar refractivity (Wildman–Crippen MR) is 52.4 cm³/mol. The highest BCUT2D eigenvalue weighted by Gasteiger charge is 2.00. The summed E-state index contributed by atoms with van der Waals surface area (Å²) >= 11 is 0. The van der Waals surface area contributed by atoms with Crippen LogP contribution in [0.5, 0.6) is 0 Å². The van der Waals surface area contributed by atoms with Crippen LogP contribution in [0.1, 0.15) is 5.82 Å². The van der Waals surface area contributed by atoms with E-state index in [1.807, 2.05) is 0 Å². The topological polar surface area (TPSA) is 92.5 Å². The molecule has 2 aromatic heterocycles. The van der Waals surface area contributed by atoms with Crippen molar-refractivity contribution in [2.45, 2.75) is 6.54 Å². The number of aromatic amines is 1. The number of hydrogen-bond acceptors (Lipinski definition) is 5. The van der Waals surface area contributed by atoms with E-state index >= 15 is 0 Å². The number of rotatable bonds is 3. The summed E-state index contributed by atoms with van der Waals surface area (Å²) in [5, 5.41) is 3.02. The van der Waals surface area contributed by atoms with E-state index in [2.05, 4.69) is 25.3 Å². The summed E-state index contributed by atoms with van der Waals surface area (Å²) < 4.78 is 0. The van der Waals surface area contributed by atoms with Gasteiger partial charge in [-0.3, -0.25) is 0 Å². The quantitative estimate of drug-likeness (QED) is 0.651. The van der Waals surface area contributed by atoms with Gasteiger partial charge in [-0.05, 0) is 0 Å². The maximum Gasteiger partial charge on any atom is 0.169 e. The number of imidazole rings is 1. The normalized spacial score (nSPS) is 10.0. The average Bonchev–Trinajstić information content (AvgIpc) is 2.69. The van der Waals surface area contributed by atoms with E-state index in [0.29, 0.717) is 18.2 Å². The van der Waals surface area contributed by atoms with Crippen molar-refractivity contribution >= 4 is 11.6 Å². The number of nitrogens with two attached hydrogens (primary N) is 1. The minimum absolute atomic E-state index is 0.388. The number of nitrogen functional groups attached to an aromatic ring is 1. The minimum Gasteiger partial charge on any atom is -0.381 e. The molecule has 14 heavy (non-hydrogen) atoms. The molecule has 0 atom stereocenters. The number of H-pyrrole nitrogens is 1. The highest BCUT2D eigenvalue weighted by atomic mass is 15.1. The molecule has 72 valence electrons. The van der Waals surface area contributed by atoms with Crippen LogP contribution in [0.25, 0.3) is 0 Å². The number of aromatic nitrogens is 4. The van der Waals surface area contributed by atoms with E-state index in [1.165, 1.54) is 0 Å². The number of hydrogen-bond donors (Lipinski definition) is 3. The van der Waals surface area contributed by atoms with E-state index in [-0.39, 0.29) is 0 Å². The van der Waals surface area contributed by atoms with Gasteiger partial charge < -0.3 is 16.0 Å². The number of anilines is 2. The van der Waals surface area contributed by atoms with Crippen molar-refractivity contribution in [1.29, 1.82) is 0 Å². The van der Waals surface area contributed by atoms with Crippen LogP contribution in [-0.4, -0.2) is 19.9 Å². The fraction of sp³-hybridized carbons (Fsp3) is 0.125. The lowest BCUT2D eigenvalue weighted by molar-refractivity contribution is 0.984. The largest absolute Gasteiger partial charge is 0.381 e. The van der Waals surface area contributed by atoms with Crippen molar-refractivity contribution in [3.05, 3.63) is 30.6 Å². The molecule has 2 aromatic rings. The Bertz CT molecular complexity index is 396. The van der Waals surface area contributed by atoms with Gasteiger partial charge in [-0.2, -0.15) is 0 Å². The molecule has 0 aliphatic heterocycles. The molecule has 0 radical (unpaired) electrons. The second kappa shape index (κ2) is 3.73. The van der Waals surface area contributed by atoms with Crippen molar-refractivity contribution in [1.82, 2.24) is 19.9 Å². The first-order chi connectivity index (χ1) is 6.86. The molecule has 0 fully saturated rings. The fourth-order valence-electron chi connectivity index (χ4n) is 1.05. The van der Waals surface area contributed by atoms with Crippen molar-refractivity contribution in [3.63, 3.8) is 0 Å². The molecule has 2 heterocycles. The highest BCUT2D eigenvalue weighted by molar-refractivity contribution is 5.54. The van der Waals surface area contributed by atoms with Gasteiger partial charge in [0.15, 0.2) is 11.6 Å². The smallest absolute Gasteiger partial charge is 0.169 e. The summed E-state index contributed by atoms with van der Waals surface area (Å²) in [6.07, 6.45) is 6.59. The van der Waals surface area contributed by atoms with Gasteiger partial charge in [0.2, 0.25) is 0 Å². The molecular weight excluding hydrogens is 180 g/mol. The minimum atomic E-state index is 0.388. The van der Waals surface area contributed by atoms with Crippen molar-refractivity contribution in [3.8, 4) is 0 Å². The SMILES string of the molecule is Nc1nccnc1NCc1ncc[nH]1. The molecule has 0 bridgehead atoms. The summed E-state index contributed by atoms with van der Waals surface area (Å²) in [6.45, 7) is 0.551. The summed E-state index contributed by atoms with van der Waals surface area (Å²) in [6, 6.07) is 0.